The molecule has 0 aromatic heterocycles. The van der Waals surface area contributed by atoms with Crippen LogP contribution in [0.2, 0.25) is 0 Å². The second kappa shape index (κ2) is 3.93. The fourth-order valence-electron chi connectivity index (χ4n) is 1.30. The van der Waals surface area contributed by atoms with Crippen molar-refractivity contribution in [3.63, 3.8) is 0 Å². The minimum absolute atomic E-state index is 0.206. The van der Waals surface area contributed by atoms with E-state index < -0.39 is 34.5 Å². The van der Waals surface area contributed by atoms with Crippen molar-refractivity contribution in [2.45, 2.75) is 13.1 Å². The van der Waals surface area contributed by atoms with Gasteiger partial charge in [-0.15, -0.1) is 0 Å². The van der Waals surface area contributed by atoms with E-state index in [1.54, 1.807) is 0 Å². The summed E-state index contributed by atoms with van der Waals surface area (Å²) in [5.41, 5.74) is -2.83. The topological polar surface area (TPSA) is 40.9 Å². The van der Waals surface area contributed by atoms with Gasteiger partial charge in [-0.2, -0.15) is 18.4 Å². The molecule has 0 amide bonds. The Morgan fingerprint density at radius 2 is 1.94 bits per heavy atom. The van der Waals surface area contributed by atoms with Crippen molar-refractivity contribution in [1.82, 2.24) is 0 Å². The van der Waals surface area contributed by atoms with Crippen LogP contribution < -0.4 is 0 Å². The molecule has 0 saturated heterocycles. The molecule has 1 aromatic carbocycles. The van der Waals surface area contributed by atoms with Crippen LogP contribution in [0.3, 0.4) is 0 Å². The number of nitrogens with zero attached hydrogens (tertiary/aromatic N) is 1. The molecule has 0 bridgehead atoms. The molecule has 6 heteroatoms. The summed E-state index contributed by atoms with van der Waals surface area (Å²) >= 11 is 0. The molecule has 0 aliphatic rings. The first-order valence-electron chi connectivity index (χ1n) is 4.09. The lowest BCUT2D eigenvalue weighted by Crippen LogP contribution is -2.14. The number of benzene rings is 1. The third kappa shape index (κ3) is 2.19. The molecular formula is C10H5F4NO. The van der Waals surface area contributed by atoms with E-state index in [2.05, 4.69) is 0 Å². The van der Waals surface area contributed by atoms with Gasteiger partial charge in [0.15, 0.2) is 5.78 Å². The largest absolute Gasteiger partial charge is 0.417 e. The van der Waals surface area contributed by atoms with E-state index in [9.17, 15) is 22.4 Å². The normalized spacial score (nSPS) is 11.0. The number of carbonyl (C=O) groups is 1. The molecule has 0 radical (unpaired) electrons. The van der Waals surface area contributed by atoms with E-state index in [0.29, 0.717) is 6.07 Å². The van der Waals surface area contributed by atoms with Crippen molar-refractivity contribution in [2.75, 3.05) is 0 Å². The Morgan fingerprint density at radius 3 is 2.31 bits per heavy atom. The molecular weight excluding hydrogens is 226 g/mol. The third-order valence-corrected chi connectivity index (χ3v) is 1.88. The van der Waals surface area contributed by atoms with Crippen LogP contribution in [-0.4, -0.2) is 5.78 Å². The number of carbonyl (C=O) groups excluding carboxylic acids is 1. The van der Waals surface area contributed by atoms with Crippen LogP contribution in [0.25, 0.3) is 0 Å². The van der Waals surface area contributed by atoms with Gasteiger partial charge in [-0.25, -0.2) is 4.39 Å². The first-order chi connectivity index (χ1) is 7.27. The number of alkyl halides is 3. The first-order valence-corrected chi connectivity index (χ1v) is 4.09. The van der Waals surface area contributed by atoms with Crippen LogP contribution in [0.1, 0.15) is 28.4 Å². The highest BCUT2D eigenvalue weighted by Gasteiger charge is 2.36. The first kappa shape index (κ1) is 12.2. The summed E-state index contributed by atoms with van der Waals surface area (Å²) in [4.78, 5) is 11.0. The predicted molar refractivity (Wildman–Crippen MR) is 46.1 cm³/mol. The highest BCUT2D eigenvalue weighted by Crippen LogP contribution is 2.34. The highest BCUT2D eigenvalue weighted by atomic mass is 19.4. The minimum atomic E-state index is -4.87. The zero-order valence-electron chi connectivity index (χ0n) is 8.02. The lowest BCUT2D eigenvalue weighted by atomic mass is 9.98. The Morgan fingerprint density at radius 1 is 1.38 bits per heavy atom. The molecule has 0 aliphatic carbocycles. The average Bonchev–Trinajstić information content (AvgIpc) is 2.14. The van der Waals surface area contributed by atoms with Gasteiger partial charge >= 0.3 is 6.18 Å². The molecule has 0 spiro atoms. The number of hydrogen-bond acceptors (Lipinski definition) is 2. The Kier molecular flexibility index (Phi) is 2.99. The molecule has 1 aromatic rings. The molecule has 1 rings (SSSR count). The quantitative estimate of drug-likeness (QED) is 0.550. The van der Waals surface area contributed by atoms with E-state index in [4.69, 9.17) is 5.26 Å². The maximum Gasteiger partial charge on any atom is 0.417 e. The smallest absolute Gasteiger partial charge is 0.294 e. The van der Waals surface area contributed by atoms with Gasteiger partial charge in [-0.05, 0) is 19.1 Å². The zero-order chi connectivity index (χ0) is 12.5. The molecule has 0 N–H and O–H groups in total. The number of hydrogen-bond donors (Lipinski definition) is 0. The maximum absolute atomic E-state index is 12.8. The van der Waals surface area contributed by atoms with Gasteiger partial charge in [0.1, 0.15) is 11.9 Å². The van der Waals surface area contributed by atoms with Crippen molar-refractivity contribution in [3.8, 4) is 6.07 Å². The molecule has 0 aliphatic heterocycles. The second-order valence-corrected chi connectivity index (χ2v) is 3.04. The van der Waals surface area contributed by atoms with E-state index in [-0.39, 0.29) is 6.07 Å². The Hall–Kier alpha value is -1.90. The van der Waals surface area contributed by atoms with Gasteiger partial charge in [-0.3, -0.25) is 4.79 Å². The SMILES string of the molecule is CC(=O)c1c(C#N)cc(F)cc1C(F)(F)F. The Bertz CT molecular complexity index is 485. The molecule has 2 nitrogen and oxygen atoms in total. The summed E-state index contributed by atoms with van der Waals surface area (Å²) in [5, 5.41) is 8.55. The Labute approximate surface area is 88.1 Å². The molecule has 0 saturated carbocycles. The summed E-state index contributed by atoms with van der Waals surface area (Å²) in [5.74, 6) is -2.13. The third-order valence-electron chi connectivity index (χ3n) is 1.88. The number of nitriles is 1. The molecule has 0 unspecified atom stereocenters. The number of halogens is 4. The van der Waals surface area contributed by atoms with E-state index in [1.165, 1.54) is 6.07 Å². The van der Waals surface area contributed by atoms with Gasteiger partial charge in [0.25, 0.3) is 0 Å². The van der Waals surface area contributed by atoms with Crippen molar-refractivity contribution in [2.24, 2.45) is 0 Å². The highest BCUT2D eigenvalue weighted by molar-refractivity contribution is 5.98. The van der Waals surface area contributed by atoms with Crippen LogP contribution in [0.4, 0.5) is 17.6 Å². The average molecular weight is 231 g/mol. The van der Waals surface area contributed by atoms with Gasteiger partial charge in [0.2, 0.25) is 0 Å². The lowest BCUT2D eigenvalue weighted by molar-refractivity contribution is -0.138. The lowest BCUT2D eigenvalue weighted by Gasteiger charge is -2.12. The molecule has 0 fully saturated rings. The molecule has 16 heavy (non-hydrogen) atoms. The zero-order valence-corrected chi connectivity index (χ0v) is 8.02. The van der Waals surface area contributed by atoms with Crippen molar-refractivity contribution >= 4 is 5.78 Å². The predicted octanol–water partition coefficient (Wildman–Crippen LogP) is 2.92. The van der Waals surface area contributed by atoms with Gasteiger partial charge in [0.05, 0.1) is 11.1 Å². The van der Waals surface area contributed by atoms with Crippen LogP contribution >= 0.6 is 0 Å². The summed E-state index contributed by atoms with van der Waals surface area (Å²) in [7, 11) is 0. The Balaban J connectivity index is 3.66. The number of Topliss-reactive ketones (excluding diaryl/α,β-unsaturated/α-hetero) is 1. The summed E-state index contributed by atoms with van der Waals surface area (Å²) in [6.07, 6.45) is -4.87. The molecule has 84 valence electrons. The van der Waals surface area contributed by atoms with Crippen LogP contribution in [0, 0.1) is 17.1 Å². The van der Waals surface area contributed by atoms with Crippen LogP contribution in [0.5, 0.6) is 0 Å². The van der Waals surface area contributed by atoms with Gasteiger partial charge < -0.3 is 0 Å². The number of rotatable bonds is 1. The minimum Gasteiger partial charge on any atom is -0.294 e. The second-order valence-electron chi connectivity index (χ2n) is 3.04. The fraction of sp³-hybridized carbons (Fsp3) is 0.200. The van der Waals surface area contributed by atoms with Gasteiger partial charge in [-0.1, -0.05) is 0 Å². The summed E-state index contributed by atoms with van der Waals surface area (Å²) in [6, 6.07) is 2.18. The fourth-order valence-corrected chi connectivity index (χ4v) is 1.30. The van der Waals surface area contributed by atoms with Crippen molar-refractivity contribution in [3.05, 3.63) is 34.6 Å². The monoisotopic (exact) mass is 231 g/mol. The maximum atomic E-state index is 12.8. The number of ketones is 1. The summed E-state index contributed by atoms with van der Waals surface area (Å²) < 4.78 is 50.3. The molecule has 0 heterocycles. The van der Waals surface area contributed by atoms with E-state index >= 15 is 0 Å². The van der Waals surface area contributed by atoms with E-state index in [1.807, 2.05) is 0 Å². The van der Waals surface area contributed by atoms with Crippen LogP contribution in [-0.2, 0) is 6.18 Å². The van der Waals surface area contributed by atoms with Gasteiger partial charge in [0, 0.05) is 5.56 Å². The molecule has 0 atom stereocenters. The van der Waals surface area contributed by atoms with E-state index in [0.717, 1.165) is 6.92 Å². The van der Waals surface area contributed by atoms with Crippen LogP contribution in [0.15, 0.2) is 12.1 Å². The summed E-state index contributed by atoms with van der Waals surface area (Å²) in [6.45, 7) is 0.892. The van der Waals surface area contributed by atoms with Crippen molar-refractivity contribution in [1.29, 1.82) is 5.26 Å². The standard InChI is InChI=1S/C10H5F4NO/c1-5(16)9-6(4-15)2-7(11)3-8(9)10(12,13)14/h2-3H,1H3. The van der Waals surface area contributed by atoms with Crippen molar-refractivity contribution < 1.29 is 22.4 Å².